The van der Waals surface area contributed by atoms with Gasteiger partial charge >= 0.3 is 5.97 Å². The fraction of sp³-hybridized carbons (Fsp3) is 0.273. The first-order chi connectivity index (χ1) is 20.8. The molecule has 43 heavy (non-hydrogen) atoms. The SMILES string of the molecule is O=C(O)CN(Cc1cccc(Cl)c1)C(=O)c1cnc(N2CCC(Cc3ccccc3)CC2)nc1Cc1c(Cl)cccc1Cl. The number of aliphatic carboxylic acids is 1. The minimum atomic E-state index is -1.14. The van der Waals surface area contributed by atoms with E-state index in [9.17, 15) is 14.7 Å². The van der Waals surface area contributed by atoms with Crippen LogP contribution in [0.15, 0.2) is 79.0 Å². The van der Waals surface area contributed by atoms with E-state index in [0.717, 1.165) is 32.4 Å². The molecule has 1 aliphatic heterocycles. The van der Waals surface area contributed by atoms with Gasteiger partial charge in [0.25, 0.3) is 5.91 Å². The average Bonchev–Trinajstić information content (AvgIpc) is 2.99. The first kappa shape index (κ1) is 30.8. The van der Waals surface area contributed by atoms with Crippen molar-refractivity contribution in [1.29, 1.82) is 0 Å². The zero-order valence-corrected chi connectivity index (χ0v) is 25.7. The fourth-order valence-corrected chi connectivity index (χ4v) is 6.16. The summed E-state index contributed by atoms with van der Waals surface area (Å²) in [7, 11) is 0. The van der Waals surface area contributed by atoms with E-state index in [1.807, 2.05) is 6.07 Å². The number of halogens is 3. The van der Waals surface area contributed by atoms with Gasteiger partial charge in [-0.1, -0.05) is 83.3 Å². The molecule has 5 rings (SSSR count). The molecule has 7 nitrogen and oxygen atoms in total. The molecule has 1 amide bonds. The first-order valence-electron chi connectivity index (χ1n) is 14.1. The monoisotopic (exact) mass is 636 g/mol. The summed E-state index contributed by atoms with van der Waals surface area (Å²) >= 11 is 19.2. The third-order valence-corrected chi connectivity index (χ3v) is 8.57. The highest BCUT2D eigenvalue weighted by atomic mass is 35.5. The third kappa shape index (κ3) is 8.05. The molecule has 0 aliphatic carbocycles. The maximum Gasteiger partial charge on any atom is 0.323 e. The summed E-state index contributed by atoms with van der Waals surface area (Å²) in [6.45, 7) is 1.12. The Labute approximate surface area is 266 Å². The molecule has 1 saturated heterocycles. The van der Waals surface area contributed by atoms with Crippen molar-refractivity contribution in [2.75, 3.05) is 24.5 Å². The summed E-state index contributed by atoms with van der Waals surface area (Å²) in [6.07, 6.45) is 4.70. The number of carboxylic acids is 1. The Morgan fingerprint density at radius 3 is 2.26 bits per heavy atom. The summed E-state index contributed by atoms with van der Waals surface area (Å²) < 4.78 is 0. The van der Waals surface area contributed by atoms with Crippen molar-refractivity contribution >= 4 is 52.6 Å². The highest BCUT2D eigenvalue weighted by Crippen LogP contribution is 2.30. The van der Waals surface area contributed by atoms with Crippen molar-refractivity contribution in [2.45, 2.75) is 32.2 Å². The number of rotatable bonds is 10. The lowest BCUT2D eigenvalue weighted by Crippen LogP contribution is -2.37. The predicted octanol–water partition coefficient (Wildman–Crippen LogP) is 7.21. The van der Waals surface area contributed by atoms with Crippen molar-refractivity contribution in [3.8, 4) is 0 Å². The quantitative estimate of drug-likeness (QED) is 0.198. The zero-order valence-electron chi connectivity index (χ0n) is 23.4. The van der Waals surface area contributed by atoms with Crippen LogP contribution in [0.4, 0.5) is 5.95 Å². The van der Waals surface area contributed by atoms with Gasteiger partial charge in [-0.15, -0.1) is 0 Å². The van der Waals surface area contributed by atoms with Gasteiger partial charge in [-0.3, -0.25) is 9.59 Å². The molecule has 10 heteroatoms. The van der Waals surface area contributed by atoms with Crippen LogP contribution in [-0.4, -0.2) is 51.5 Å². The van der Waals surface area contributed by atoms with Gasteiger partial charge in [0.1, 0.15) is 6.54 Å². The number of carbonyl (C=O) groups excluding carboxylic acids is 1. The van der Waals surface area contributed by atoms with E-state index in [0.29, 0.717) is 43.8 Å². The number of hydrogen-bond acceptors (Lipinski definition) is 5. The van der Waals surface area contributed by atoms with Crippen LogP contribution in [0.25, 0.3) is 0 Å². The van der Waals surface area contributed by atoms with E-state index in [1.165, 1.54) is 16.7 Å². The van der Waals surface area contributed by atoms with Crippen molar-refractivity contribution < 1.29 is 14.7 Å². The van der Waals surface area contributed by atoms with Gasteiger partial charge in [0.2, 0.25) is 5.95 Å². The van der Waals surface area contributed by atoms with E-state index >= 15 is 0 Å². The van der Waals surface area contributed by atoms with Crippen LogP contribution in [0.3, 0.4) is 0 Å². The topological polar surface area (TPSA) is 86.6 Å². The number of piperidine rings is 1. The van der Waals surface area contributed by atoms with Crippen molar-refractivity contribution in [1.82, 2.24) is 14.9 Å². The molecule has 2 heterocycles. The van der Waals surface area contributed by atoms with Crippen molar-refractivity contribution in [2.24, 2.45) is 5.92 Å². The molecule has 1 aromatic heterocycles. The molecule has 1 aliphatic rings. The first-order valence-corrected chi connectivity index (χ1v) is 15.2. The molecule has 222 valence electrons. The van der Waals surface area contributed by atoms with Crippen molar-refractivity contribution in [3.05, 3.63) is 122 Å². The summed E-state index contributed by atoms with van der Waals surface area (Å²) in [4.78, 5) is 38.5. The molecule has 0 saturated carbocycles. The van der Waals surface area contributed by atoms with Gasteiger partial charge in [0, 0.05) is 47.3 Å². The highest BCUT2D eigenvalue weighted by Gasteiger charge is 2.27. The average molecular weight is 638 g/mol. The molecule has 0 spiro atoms. The maximum atomic E-state index is 13.9. The lowest BCUT2D eigenvalue weighted by molar-refractivity contribution is -0.137. The van der Waals surface area contributed by atoms with Gasteiger partial charge in [-0.25, -0.2) is 9.97 Å². The second kappa shape index (κ2) is 14.2. The number of nitrogens with zero attached hydrogens (tertiary/aromatic N) is 4. The van der Waals surface area contributed by atoms with Crippen LogP contribution < -0.4 is 4.90 Å². The molecule has 0 atom stereocenters. The minimum absolute atomic E-state index is 0.0503. The minimum Gasteiger partial charge on any atom is -0.480 e. The maximum absolute atomic E-state index is 13.9. The van der Waals surface area contributed by atoms with Crippen LogP contribution in [0.5, 0.6) is 0 Å². The zero-order chi connectivity index (χ0) is 30.3. The van der Waals surface area contributed by atoms with Crippen LogP contribution in [0, 0.1) is 5.92 Å². The summed E-state index contributed by atoms with van der Waals surface area (Å²) in [6, 6.07) is 22.7. The van der Waals surface area contributed by atoms with Crippen LogP contribution in [-0.2, 0) is 24.2 Å². The second-order valence-electron chi connectivity index (χ2n) is 10.7. The summed E-state index contributed by atoms with van der Waals surface area (Å²) in [5.74, 6) is -0.555. The Morgan fingerprint density at radius 2 is 1.58 bits per heavy atom. The smallest absolute Gasteiger partial charge is 0.323 e. The van der Waals surface area contributed by atoms with Crippen LogP contribution in [0.2, 0.25) is 15.1 Å². The van der Waals surface area contributed by atoms with Gasteiger partial charge in [0.15, 0.2) is 0 Å². The lowest BCUT2D eigenvalue weighted by Gasteiger charge is -2.32. The van der Waals surface area contributed by atoms with Gasteiger partial charge < -0.3 is 14.9 Å². The van der Waals surface area contributed by atoms with E-state index in [-0.39, 0.29) is 18.5 Å². The van der Waals surface area contributed by atoms with Gasteiger partial charge in [-0.2, -0.15) is 0 Å². The number of aromatic nitrogens is 2. The third-order valence-electron chi connectivity index (χ3n) is 7.63. The molecule has 1 N–H and O–H groups in total. The summed E-state index contributed by atoms with van der Waals surface area (Å²) in [5.41, 5.74) is 3.29. The standard InChI is InChI=1S/C33H31Cl3N4O3/c34-25-9-4-8-24(17-25)20-40(21-31(41)42)32(43)27-19-37-33(38-30(27)18-26-28(35)10-5-11-29(26)36)39-14-12-23(13-15-39)16-22-6-2-1-3-7-22/h1-11,17,19,23H,12-16,18,20-21H2,(H,41,42). The largest absolute Gasteiger partial charge is 0.480 e. The molecule has 4 aromatic rings. The fourth-order valence-electron chi connectivity index (χ4n) is 5.41. The van der Waals surface area contributed by atoms with E-state index in [2.05, 4.69) is 34.1 Å². The molecule has 0 unspecified atom stereocenters. The summed E-state index contributed by atoms with van der Waals surface area (Å²) in [5, 5.41) is 11.0. The lowest BCUT2D eigenvalue weighted by atomic mass is 9.90. The molecule has 1 fully saturated rings. The number of amides is 1. The highest BCUT2D eigenvalue weighted by molar-refractivity contribution is 6.36. The predicted molar refractivity (Wildman–Crippen MR) is 170 cm³/mol. The number of anilines is 1. The van der Waals surface area contributed by atoms with E-state index in [1.54, 1.807) is 42.5 Å². The van der Waals surface area contributed by atoms with Gasteiger partial charge in [-0.05, 0) is 66.1 Å². The Bertz CT molecular complexity index is 1570. The van der Waals surface area contributed by atoms with E-state index < -0.39 is 18.4 Å². The number of hydrogen-bond donors (Lipinski definition) is 1. The molecule has 3 aromatic carbocycles. The van der Waals surface area contributed by atoms with Crippen LogP contribution >= 0.6 is 34.8 Å². The van der Waals surface area contributed by atoms with Crippen LogP contribution in [0.1, 0.15) is 45.6 Å². The Morgan fingerprint density at radius 1 is 0.907 bits per heavy atom. The Kier molecular flexibility index (Phi) is 10.2. The molecule has 0 radical (unpaired) electrons. The number of benzene rings is 3. The Hall–Kier alpha value is -3.65. The van der Waals surface area contributed by atoms with Gasteiger partial charge in [0.05, 0.1) is 11.3 Å². The van der Waals surface area contributed by atoms with Crippen molar-refractivity contribution in [3.63, 3.8) is 0 Å². The second-order valence-corrected chi connectivity index (χ2v) is 12.0. The Balaban J connectivity index is 1.43. The normalized spacial score (nSPS) is 13.6. The number of carboxylic acid groups (broad SMARTS) is 1. The van der Waals surface area contributed by atoms with E-state index in [4.69, 9.17) is 39.8 Å². The molecule has 0 bridgehead atoms. The molecular weight excluding hydrogens is 607 g/mol. The number of carbonyl (C=O) groups is 2. The molecular formula is C33H31Cl3N4O3.